The van der Waals surface area contributed by atoms with Crippen LogP contribution in [0.2, 0.25) is 0 Å². The standard InChI is InChI=1S/C24H28N4O2/c29-22(14-5-6-15-25-18-9-1-2-10-18)26-19-11-7-8-17(16-19)23-20-12-3-4-13-21(20)24(30)28-27-23/h3-4,7-8,11-13,16,18,25H,1-2,5-6,9-10,14-15H2,(H,26,29)(H,28,30). The highest BCUT2D eigenvalue weighted by atomic mass is 16.1. The lowest BCUT2D eigenvalue weighted by atomic mass is 10.0. The minimum atomic E-state index is -0.207. The van der Waals surface area contributed by atoms with Gasteiger partial charge < -0.3 is 10.6 Å². The summed E-state index contributed by atoms with van der Waals surface area (Å²) in [6, 6.07) is 15.7. The Kier molecular flexibility index (Phi) is 6.54. The van der Waals surface area contributed by atoms with E-state index in [1.54, 1.807) is 6.07 Å². The van der Waals surface area contributed by atoms with Crippen LogP contribution in [0.5, 0.6) is 0 Å². The Hall–Kier alpha value is -2.99. The van der Waals surface area contributed by atoms with Crippen LogP contribution in [-0.2, 0) is 4.79 Å². The number of carbonyl (C=O) groups is 1. The summed E-state index contributed by atoms with van der Waals surface area (Å²) in [5.41, 5.74) is 2.07. The number of aromatic nitrogens is 2. The van der Waals surface area contributed by atoms with Crippen LogP contribution in [0.4, 0.5) is 5.69 Å². The maximum atomic E-state index is 12.3. The first kappa shape index (κ1) is 20.3. The molecule has 3 aromatic rings. The average Bonchev–Trinajstić information content (AvgIpc) is 3.28. The number of unbranched alkanes of at least 4 members (excludes halogenated alkanes) is 1. The first-order chi connectivity index (χ1) is 14.7. The van der Waals surface area contributed by atoms with E-state index in [2.05, 4.69) is 20.8 Å². The highest BCUT2D eigenvalue weighted by molar-refractivity contribution is 5.95. The summed E-state index contributed by atoms with van der Waals surface area (Å²) in [7, 11) is 0. The monoisotopic (exact) mass is 404 g/mol. The summed E-state index contributed by atoms with van der Waals surface area (Å²) in [5, 5.41) is 14.8. The molecule has 0 radical (unpaired) electrons. The molecule has 0 aliphatic heterocycles. The molecule has 0 atom stereocenters. The third-order valence-electron chi connectivity index (χ3n) is 5.73. The Morgan fingerprint density at radius 3 is 2.67 bits per heavy atom. The molecule has 0 spiro atoms. The second-order valence-electron chi connectivity index (χ2n) is 7.97. The number of nitrogens with zero attached hydrogens (tertiary/aromatic N) is 1. The molecule has 6 heteroatoms. The molecular formula is C24H28N4O2. The average molecular weight is 405 g/mol. The maximum absolute atomic E-state index is 12.3. The number of H-pyrrole nitrogens is 1. The van der Waals surface area contributed by atoms with Crippen LogP contribution in [0.1, 0.15) is 44.9 Å². The number of benzene rings is 2. The lowest BCUT2D eigenvalue weighted by Crippen LogP contribution is -2.27. The summed E-state index contributed by atoms with van der Waals surface area (Å²) in [5.74, 6) is 0.0207. The molecule has 0 saturated heterocycles. The summed E-state index contributed by atoms with van der Waals surface area (Å²) in [6.45, 7) is 0.985. The van der Waals surface area contributed by atoms with E-state index in [-0.39, 0.29) is 11.5 Å². The number of fused-ring (bicyclic) bond motifs is 1. The van der Waals surface area contributed by atoms with Crippen LogP contribution in [0.3, 0.4) is 0 Å². The van der Waals surface area contributed by atoms with E-state index >= 15 is 0 Å². The van der Waals surface area contributed by atoms with Crippen molar-refractivity contribution in [2.24, 2.45) is 0 Å². The van der Waals surface area contributed by atoms with Gasteiger partial charge in [0.1, 0.15) is 0 Å². The van der Waals surface area contributed by atoms with Crippen molar-refractivity contribution in [1.82, 2.24) is 15.5 Å². The van der Waals surface area contributed by atoms with Crippen molar-refractivity contribution in [3.8, 4) is 11.3 Å². The fourth-order valence-electron chi connectivity index (χ4n) is 4.15. The number of hydrogen-bond donors (Lipinski definition) is 3. The fourth-order valence-corrected chi connectivity index (χ4v) is 4.15. The van der Waals surface area contributed by atoms with E-state index in [0.29, 0.717) is 23.5 Å². The second-order valence-corrected chi connectivity index (χ2v) is 7.97. The van der Waals surface area contributed by atoms with Gasteiger partial charge in [-0.05, 0) is 50.4 Å². The molecule has 0 unspecified atom stereocenters. The van der Waals surface area contributed by atoms with E-state index in [1.165, 1.54) is 25.7 Å². The van der Waals surface area contributed by atoms with E-state index in [1.807, 2.05) is 42.5 Å². The van der Waals surface area contributed by atoms with Crippen molar-refractivity contribution in [2.45, 2.75) is 51.0 Å². The first-order valence-electron chi connectivity index (χ1n) is 10.8. The maximum Gasteiger partial charge on any atom is 0.272 e. The number of anilines is 1. The van der Waals surface area contributed by atoms with E-state index in [0.717, 1.165) is 36.0 Å². The Morgan fingerprint density at radius 1 is 1.03 bits per heavy atom. The van der Waals surface area contributed by atoms with Gasteiger partial charge in [0.25, 0.3) is 5.56 Å². The van der Waals surface area contributed by atoms with Crippen LogP contribution in [-0.4, -0.2) is 28.7 Å². The number of hydrogen-bond acceptors (Lipinski definition) is 4. The quantitative estimate of drug-likeness (QED) is 0.490. The third kappa shape index (κ3) is 4.94. The van der Waals surface area contributed by atoms with Crippen molar-refractivity contribution in [1.29, 1.82) is 0 Å². The van der Waals surface area contributed by atoms with Crippen molar-refractivity contribution in [2.75, 3.05) is 11.9 Å². The number of carbonyl (C=O) groups excluding carboxylic acids is 1. The van der Waals surface area contributed by atoms with Crippen molar-refractivity contribution < 1.29 is 4.79 Å². The van der Waals surface area contributed by atoms with Crippen LogP contribution >= 0.6 is 0 Å². The number of amides is 1. The lowest BCUT2D eigenvalue weighted by Gasteiger charge is -2.11. The van der Waals surface area contributed by atoms with Gasteiger partial charge in [-0.25, -0.2) is 5.10 Å². The molecule has 1 aromatic heterocycles. The molecule has 1 heterocycles. The number of aromatic amines is 1. The highest BCUT2D eigenvalue weighted by Crippen LogP contribution is 2.26. The van der Waals surface area contributed by atoms with Gasteiger partial charge >= 0.3 is 0 Å². The van der Waals surface area contributed by atoms with Gasteiger partial charge in [-0.3, -0.25) is 9.59 Å². The molecule has 1 aliphatic rings. The van der Waals surface area contributed by atoms with E-state index < -0.39 is 0 Å². The van der Waals surface area contributed by atoms with Gasteiger partial charge in [0.2, 0.25) is 5.91 Å². The summed E-state index contributed by atoms with van der Waals surface area (Å²) in [4.78, 5) is 24.4. The molecule has 4 rings (SSSR count). The molecule has 1 amide bonds. The Morgan fingerprint density at radius 2 is 1.83 bits per heavy atom. The van der Waals surface area contributed by atoms with Gasteiger partial charge in [0.15, 0.2) is 0 Å². The molecule has 1 fully saturated rings. The topological polar surface area (TPSA) is 86.9 Å². The second kappa shape index (κ2) is 9.67. The minimum absolute atomic E-state index is 0.0207. The summed E-state index contributed by atoms with van der Waals surface area (Å²) >= 11 is 0. The molecule has 2 aromatic carbocycles. The van der Waals surface area contributed by atoms with Gasteiger partial charge in [-0.2, -0.15) is 5.10 Å². The molecule has 30 heavy (non-hydrogen) atoms. The van der Waals surface area contributed by atoms with Crippen LogP contribution in [0.25, 0.3) is 22.0 Å². The summed E-state index contributed by atoms with van der Waals surface area (Å²) < 4.78 is 0. The predicted molar refractivity (Wildman–Crippen MR) is 121 cm³/mol. The zero-order valence-corrected chi connectivity index (χ0v) is 17.1. The SMILES string of the molecule is O=C(CCCCNC1CCCC1)Nc1cccc(-c2n[nH]c(=O)c3ccccc23)c1. The van der Waals surface area contributed by atoms with Gasteiger partial charge in [0.05, 0.1) is 11.1 Å². The molecule has 6 nitrogen and oxygen atoms in total. The molecule has 156 valence electrons. The molecule has 3 N–H and O–H groups in total. The van der Waals surface area contributed by atoms with Crippen molar-refractivity contribution in [3.05, 3.63) is 58.9 Å². The van der Waals surface area contributed by atoms with Crippen molar-refractivity contribution >= 4 is 22.4 Å². The van der Waals surface area contributed by atoms with Crippen molar-refractivity contribution in [3.63, 3.8) is 0 Å². The number of nitrogens with one attached hydrogen (secondary N) is 3. The predicted octanol–water partition coefficient (Wildman–Crippen LogP) is 4.23. The van der Waals surface area contributed by atoms with Gasteiger partial charge in [0, 0.05) is 29.1 Å². The first-order valence-corrected chi connectivity index (χ1v) is 10.8. The third-order valence-corrected chi connectivity index (χ3v) is 5.73. The van der Waals surface area contributed by atoms with E-state index in [9.17, 15) is 9.59 Å². The molecular weight excluding hydrogens is 376 g/mol. The smallest absolute Gasteiger partial charge is 0.272 e. The van der Waals surface area contributed by atoms with Gasteiger partial charge in [-0.15, -0.1) is 0 Å². The number of rotatable bonds is 8. The normalized spacial score (nSPS) is 14.3. The largest absolute Gasteiger partial charge is 0.326 e. The fraction of sp³-hybridized carbons (Fsp3) is 0.375. The Balaban J connectivity index is 1.35. The minimum Gasteiger partial charge on any atom is -0.326 e. The van der Waals surface area contributed by atoms with Crippen LogP contribution < -0.4 is 16.2 Å². The van der Waals surface area contributed by atoms with Crippen LogP contribution in [0.15, 0.2) is 53.3 Å². The molecule has 1 aliphatic carbocycles. The van der Waals surface area contributed by atoms with Gasteiger partial charge in [-0.1, -0.05) is 43.2 Å². The summed E-state index contributed by atoms with van der Waals surface area (Å²) in [6.07, 6.45) is 7.64. The Bertz CT molecular complexity index is 1070. The molecule has 0 bridgehead atoms. The Labute approximate surface area is 176 Å². The van der Waals surface area contributed by atoms with E-state index in [4.69, 9.17) is 0 Å². The lowest BCUT2D eigenvalue weighted by molar-refractivity contribution is -0.116. The molecule has 1 saturated carbocycles. The van der Waals surface area contributed by atoms with Crippen LogP contribution in [0, 0.1) is 0 Å². The highest BCUT2D eigenvalue weighted by Gasteiger charge is 2.13. The zero-order chi connectivity index (χ0) is 20.8. The zero-order valence-electron chi connectivity index (χ0n) is 17.1.